The first-order valence-corrected chi connectivity index (χ1v) is 6.33. The quantitative estimate of drug-likeness (QED) is 0.750. The summed E-state index contributed by atoms with van der Waals surface area (Å²) in [5.41, 5.74) is 1.27. The fourth-order valence-corrected chi connectivity index (χ4v) is 2.52. The van der Waals surface area contributed by atoms with Crippen molar-refractivity contribution in [3.8, 4) is 0 Å². The minimum atomic E-state index is 0.0626. The van der Waals surface area contributed by atoms with Crippen molar-refractivity contribution in [2.75, 3.05) is 0 Å². The van der Waals surface area contributed by atoms with Crippen molar-refractivity contribution in [3.63, 3.8) is 0 Å². The van der Waals surface area contributed by atoms with Crippen LogP contribution in [0, 0.1) is 31.6 Å². The highest BCUT2D eigenvalue weighted by Crippen LogP contribution is 2.36. The van der Waals surface area contributed by atoms with Crippen LogP contribution in [-0.2, 0) is 11.3 Å². The topological polar surface area (TPSA) is 20.1 Å². The van der Waals surface area contributed by atoms with Gasteiger partial charge in [0.25, 0.3) is 0 Å². The Labute approximate surface area is 109 Å². The second kappa shape index (κ2) is 4.85. The minimum absolute atomic E-state index is 0.0626. The molecule has 2 aliphatic rings. The highest BCUT2D eigenvalue weighted by molar-refractivity contribution is 6.03. The third kappa shape index (κ3) is 2.22. The van der Waals surface area contributed by atoms with Gasteiger partial charge < -0.3 is 0 Å². The van der Waals surface area contributed by atoms with Gasteiger partial charge in [-0.2, -0.15) is 0 Å². The molecular formula is C16H16NO. The average Bonchev–Trinajstić information content (AvgIpc) is 2.85. The van der Waals surface area contributed by atoms with E-state index >= 15 is 0 Å². The van der Waals surface area contributed by atoms with E-state index in [0.717, 1.165) is 12.5 Å². The summed E-state index contributed by atoms with van der Waals surface area (Å²) in [7, 11) is 0. The molecule has 0 N–H and O–H groups in total. The number of Topliss-reactive ketones (excluding diaryl/α,β-unsaturated/α-hetero) is 1. The molecule has 1 aliphatic carbocycles. The van der Waals surface area contributed by atoms with E-state index < -0.39 is 0 Å². The Morgan fingerprint density at radius 1 is 1.17 bits per heavy atom. The first-order valence-electron chi connectivity index (χ1n) is 6.33. The van der Waals surface area contributed by atoms with Gasteiger partial charge in [0.2, 0.25) is 0 Å². The van der Waals surface area contributed by atoms with E-state index in [1.807, 2.05) is 43.9 Å². The molecule has 0 bridgehead atoms. The molecule has 3 atom stereocenters. The van der Waals surface area contributed by atoms with Gasteiger partial charge in [-0.3, -0.25) is 9.69 Å². The molecule has 18 heavy (non-hydrogen) atoms. The number of ketones is 1. The highest BCUT2D eigenvalue weighted by atomic mass is 16.1. The molecular weight excluding hydrogens is 222 g/mol. The van der Waals surface area contributed by atoms with Crippen LogP contribution in [0.2, 0.25) is 0 Å². The molecule has 1 aliphatic heterocycles. The standard InChI is InChI=1S/C16H16NO/c1-12-15(16(18)14-9-5-6-10-14)17(12)11-13-7-3-2-4-8-13/h2-10,12,15H,11H2,1H3/t12-,15-,17?/m0/s1. The number of hydrogen-bond acceptors (Lipinski definition) is 2. The predicted octanol–water partition coefficient (Wildman–Crippen LogP) is 2.23. The van der Waals surface area contributed by atoms with Crippen LogP contribution >= 0.6 is 0 Å². The molecule has 1 aromatic carbocycles. The number of hydrogen-bond donors (Lipinski definition) is 0. The summed E-state index contributed by atoms with van der Waals surface area (Å²) in [5, 5.41) is 0. The number of carbonyl (C=O) groups is 1. The molecule has 91 valence electrons. The smallest absolute Gasteiger partial charge is 0.159 e. The van der Waals surface area contributed by atoms with Crippen molar-refractivity contribution in [3.05, 3.63) is 67.5 Å². The van der Waals surface area contributed by atoms with Crippen LogP contribution in [-0.4, -0.2) is 22.8 Å². The molecule has 0 spiro atoms. The van der Waals surface area contributed by atoms with E-state index in [1.165, 1.54) is 5.56 Å². The van der Waals surface area contributed by atoms with Crippen LogP contribution in [0.3, 0.4) is 0 Å². The lowest BCUT2D eigenvalue weighted by Crippen LogP contribution is -2.20. The molecule has 5 radical (unpaired) electrons. The van der Waals surface area contributed by atoms with Crippen LogP contribution in [0.5, 0.6) is 0 Å². The van der Waals surface area contributed by atoms with Crippen molar-refractivity contribution in [1.29, 1.82) is 0 Å². The summed E-state index contributed by atoms with van der Waals surface area (Å²) < 4.78 is 0. The summed E-state index contributed by atoms with van der Waals surface area (Å²) in [5.74, 6) is 1.09. The van der Waals surface area contributed by atoms with Gasteiger partial charge in [0.1, 0.15) is 0 Å². The van der Waals surface area contributed by atoms with Crippen LogP contribution in [0.4, 0.5) is 0 Å². The zero-order valence-electron chi connectivity index (χ0n) is 10.4. The van der Waals surface area contributed by atoms with Gasteiger partial charge in [0.15, 0.2) is 5.78 Å². The van der Waals surface area contributed by atoms with Gasteiger partial charge >= 0.3 is 0 Å². The number of carbonyl (C=O) groups excluding carboxylic acids is 1. The lowest BCUT2D eigenvalue weighted by molar-refractivity contribution is -0.117. The van der Waals surface area contributed by atoms with E-state index in [2.05, 4.69) is 24.0 Å². The number of benzene rings is 1. The first-order chi connectivity index (χ1) is 8.77. The van der Waals surface area contributed by atoms with Crippen molar-refractivity contribution in [1.82, 2.24) is 4.90 Å². The SMILES string of the molecule is C[C@H]1[C@@H](C(=O)[C]2[CH][CH][CH][CH]2)N1Cc1ccccc1. The fraction of sp³-hybridized carbons (Fsp3) is 0.250. The molecule has 1 heterocycles. The largest absolute Gasteiger partial charge is 0.297 e. The molecule has 1 aromatic rings. The number of rotatable bonds is 4. The lowest BCUT2D eigenvalue weighted by Gasteiger charge is -2.07. The van der Waals surface area contributed by atoms with E-state index in [4.69, 9.17) is 0 Å². The Kier molecular flexibility index (Phi) is 3.21. The van der Waals surface area contributed by atoms with E-state index in [9.17, 15) is 4.79 Å². The van der Waals surface area contributed by atoms with Gasteiger partial charge in [0.05, 0.1) is 12.0 Å². The molecule has 1 unspecified atom stereocenters. The van der Waals surface area contributed by atoms with Crippen LogP contribution in [0.15, 0.2) is 30.3 Å². The van der Waals surface area contributed by atoms with Crippen LogP contribution in [0.25, 0.3) is 0 Å². The molecule has 2 fully saturated rings. The summed E-state index contributed by atoms with van der Waals surface area (Å²) in [4.78, 5) is 14.5. The predicted molar refractivity (Wildman–Crippen MR) is 70.7 cm³/mol. The van der Waals surface area contributed by atoms with Crippen LogP contribution in [0.1, 0.15) is 12.5 Å². The first kappa shape index (κ1) is 11.9. The lowest BCUT2D eigenvalue weighted by atomic mass is 9.99. The van der Waals surface area contributed by atoms with Gasteiger partial charge in [-0.1, -0.05) is 30.3 Å². The van der Waals surface area contributed by atoms with Crippen molar-refractivity contribution >= 4 is 5.78 Å². The maximum atomic E-state index is 12.2. The third-order valence-corrected chi connectivity index (χ3v) is 3.67. The second-order valence-electron chi connectivity index (χ2n) is 4.88. The summed E-state index contributed by atoms with van der Waals surface area (Å²) >= 11 is 0. The molecule has 0 aromatic heterocycles. The van der Waals surface area contributed by atoms with E-state index in [0.29, 0.717) is 6.04 Å². The van der Waals surface area contributed by atoms with E-state index in [1.54, 1.807) is 0 Å². The second-order valence-corrected chi connectivity index (χ2v) is 4.88. The average molecular weight is 238 g/mol. The van der Waals surface area contributed by atoms with Crippen molar-refractivity contribution in [2.45, 2.75) is 25.6 Å². The fourth-order valence-electron chi connectivity index (χ4n) is 2.52. The zero-order chi connectivity index (χ0) is 12.5. The van der Waals surface area contributed by atoms with Crippen molar-refractivity contribution < 1.29 is 4.79 Å². The van der Waals surface area contributed by atoms with Crippen molar-refractivity contribution in [2.24, 2.45) is 0 Å². The highest BCUT2D eigenvalue weighted by Gasteiger charge is 2.50. The maximum Gasteiger partial charge on any atom is 0.159 e. The third-order valence-electron chi connectivity index (χ3n) is 3.67. The molecule has 1 saturated heterocycles. The monoisotopic (exact) mass is 238 g/mol. The Morgan fingerprint density at radius 2 is 1.83 bits per heavy atom. The van der Waals surface area contributed by atoms with Gasteiger partial charge in [-0.15, -0.1) is 0 Å². The molecule has 3 rings (SSSR count). The van der Waals surface area contributed by atoms with E-state index in [-0.39, 0.29) is 11.8 Å². The maximum absolute atomic E-state index is 12.2. The minimum Gasteiger partial charge on any atom is -0.297 e. The van der Waals surface area contributed by atoms with Gasteiger partial charge in [-0.25, -0.2) is 0 Å². The molecule has 0 amide bonds. The molecule has 2 nitrogen and oxygen atoms in total. The van der Waals surface area contributed by atoms with Crippen LogP contribution < -0.4 is 0 Å². The Morgan fingerprint density at radius 3 is 2.50 bits per heavy atom. The molecule has 2 heteroatoms. The summed E-state index contributed by atoms with van der Waals surface area (Å²) in [6.07, 6.45) is 7.63. The summed E-state index contributed by atoms with van der Waals surface area (Å²) in [6.45, 7) is 2.98. The number of nitrogens with zero attached hydrogens (tertiary/aromatic N) is 1. The Hall–Kier alpha value is -1.15. The Balaban J connectivity index is 1.61. The molecule has 1 saturated carbocycles. The van der Waals surface area contributed by atoms with Gasteiger partial charge in [-0.05, 0) is 38.2 Å². The zero-order valence-corrected chi connectivity index (χ0v) is 10.4. The van der Waals surface area contributed by atoms with Gasteiger partial charge in [0, 0.05) is 12.6 Å². The summed E-state index contributed by atoms with van der Waals surface area (Å²) in [6, 6.07) is 10.7. The normalized spacial score (nSPS) is 31.5. The Bertz CT molecular complexity index is 422.